The Bertz CT molecular complexity index is 978. The third-order valence-corrected chi connectivity index (χ3v) is 9.83. The highest BCUT2D eigenvalue weighted by Crippen LogP contribution is 2.71. The summed E-state index contributed by atoms with van der Waals surface area (Å²) in [5.41, 5.74) is 1.75. The zero-order valence-corrected chi connectivity index (χ0v) is 18.8. The van der Waals surface area contributed by atoms with Crippen molar-refractivity contribution in [2.75, 3.05) is 0 Å². The van der Waals surface area contributed by atoms with Gasteiger partial charge in [-0.3, -0.25) is 4.79 Å². The van der Waals surface area contributed by atoms with Crippen LogP contribution in [0.15, 0.2) is 36.4 Å². The maximum atomic E-state index is 13.2. The zero-order valence-electron chi connectivity index (χ0n) is 18.8. The molecule has 164 valence electrons. The molecule has 2 N–H and O–H groups in total. The molecule has 0 radical (unpaired) electrons. The van der Waals surface area contributed by atoms with Crippen molar-refractivity contribution in [3.63, 3.8) is 0 Å². The molecule has 4 fully saturated rings. The minimum atomic E-state index is -0.637. The van der Waals surface area contributed by atoms with Crippen molar-refractivity contribution in [2.45, 2.75) is 82.8 Å². The highest BCUT2D eigenvalue weighted by Gasteiger charge is 2.66. The fourth-order valence-electron chi connectivity index (χ4n) is 8.53. The minimum Gasteiger partial charge on any atom is -0.386 e. The van der Waals surface area contributed by atoms with Gasteiger partial charge in [0.15, 0.2) is 0 Å². The molecule has 1 spiro atoms. The predicted molar refractivity (Wildman–Crippen MR) is 120 cm³/mol. The van der Waals surface area contributed by atoms with E-state index in [0.717, 1.165) is 56.9 Å². The van der Waals surface area contributed by atoms with Gasteiger partial charge in [-0.2, -0.15) is 5.26 Å². The van der Waals surface area contributed by atoms with E-state index in [1.807, 2.05) is 0 Å². The minimum absolute atomic E-state index is 0.0382. The van der Waals surface area contributed by atoms with Gasteiger partial charge in [0, 0.05) is 11.1 Å². The summed E-state index contributed by atoms with van der Waals surface area (Å²) in [6.45, 7) is 8.99. The maximum Gasteiger partial charge on any atom is 0.251 e. The molecule has 31 heavy (non-hydrogen) atoms. The molecule has 0 saturated heterocycles. The summed E-state index contributed by atoms with van der Waals surface area (Å²) < 4.78 is 0. The second-order valence-corrected chi connectivity index (χ2v) is 11.5. The summed E-state index contributed by atoms with van der Waals surface area (Å²) in [5.74, 6) is 0.986. The van der Waals surface area contributed by atoms with Crippen LogP contribution in [-0.2, 0) is 0 Å². The average molecular weight is 419 g/mol. The van der Waals surface area contributed by atoms with Crippen LogP contribution >= 0.6 is 0 Å². The molecule has 4 aliphatic carbocycles. The van der Waals surface area contributed by atoms with Gasteiger partial charge in [-0.05, 0) is 111 Å². The first-order valence-corrected chi connectivity index (χ1v) is 11.9. The van der Waals surface area contributed by atoms with E-state index in [0.29, 0.717) is 23.0 Å². The lowest BCUT2D eigenvalue weighted by atomic mass is 9.42. The van der Waals surface area contributed by atoms with Crippen molar-refractivity contribution >= 4 is 5.91 Å². The summed E-state index contributed by atoms with van der Waals surface area (Å²) in [5, 5.41) is 23.6. The van der Waals surface area contributed by atoms with Crippen LogP contribution in [0.3, 0.4) is 0 Å². The smallest absolute Gasteiger partial charge is 0.251 e. The standard InChI is InChI=1S/C27H34N2O2/c1-18-15-26-13-9-21-24(2,22(26)10-14-27(18,31)17-26)11-4-12-25(21,3)29-23(30)20-7-5-19(16-28)6-8-20/h5-8,21-22,31H,1,4,9-15,17H2,2-3H3,(H,29,30)/t21-,22-,24+,25+,26+,27-/m0/s1. The van der Waals surface area contributed by atoms with Crippen molar-refractivity contribution in [1.82, 2.24) is 5.32 Å². The van der Waals surface area contributed by atoms with Gasteiger partial charge in [0.1, 0.15) is 0 Å². The van der Waals surface area contributed by atoms with E-state index in [2.05, 4.69) is 31.8 Å². The number of aliphatic hydroxyl groups is 1. The summed E-state index contributed by atoms with van der Waals surface area (Å²) in [7, 11) is 0. The topological polar surface area (TPSA) is 73.1 Å². The second-order valence-electron chi connectivity index (χ2n) is 11.5. The van der Waals surface area contributed by atoms with Gasteiger partial charge in [0.2, 0.25) is 0 Å². The first-order valence-electron chi connectivity index (χ1n) is 11.9. The second kappa shape index (κ2) is 6.69. The molecule has 0 unspecified atom stereocenters. The van der Waals surface area contributed by atoms with Crippen LogP contribution in [-0.4, -0.2) is 22.2 Å². The number of hydrogen-bond donors (Lipinski definition) is 2. The molecular formula is C27H34N2O2. The number of amides is 1. The van der Waals surface area contributed by atoms with Gasteiger partial charge in [0.05, 0.1) is 17.2 Å². The van der Waals surface area contributed by atoms with E-state index < -0.39 is 5.60 Å². The molecule has 0 aromatic heterocycles. The summed E-state index contributed by atoms with van der Waals surface area (Å²) in [6, 6.07) is 9.04. The Morgan fingerprint density at radius 1 is 1.13 bits per heavy atom. The van der Waals surface area contributed by atoms with Crippen molar-refractivity contribution in [1.29, 1.82) is 5.26 Å². The van der Waals surface area contributed by atoms with Crippen LogP contribution < -0.4 is 5.32 Å². The summed E-state index contributed by atoms with van der Waals surface area (Å²) >= 11 is 0. The van der Waals surface area contributed by atoms with E-state index >= 15 is 0 Å². The maximum absolute atomic E-state index is 13.2. The first kappa shape index (κ1) is 20.8. The molecule has 4 heteroatoms. The monoisotopic (exact) mass is 418 g/mol. The van der Waals surface area contributed by atoms with Crippen LogP contribution in [0, 0.1) is 34.0 Å². The number of carbonyl (C=O) groups is 1. The van der Waals surface area contributed by atoms with E-state index in [1.165, 1.54) is 6.42 Å². The normalized spacial score (nSPS) is 43.5. The van der Waals surface area contributed by atoms with Gasteiger partial charge in [0.25, 0.3) is 5.91 Å². The largest absolute Gasteiger partial charge is 0.386 e. The van der Waals surface area contributed by atoms with Crippen molar-refractivity contribution < 1.29 is 9.90 Å². The number of fused-ring (bicyclic) bond motifs is 3. The number of nitriles is 1. The van der Waals surface area contributed by atoms with E-state index in [-0.39, 0.29) is 22.3 Å². The van der Waals surface area contributed by atoms with Crippen molar-refractivity contribution in [3.05, 3.63) is 47.5 Å². The Morgan fingerprint density at radius 3 is 2.55 bits per heavy atom. The highest BCUT2D eigenvalue weighted by atomic mass is 16.3. The third-order valence-electron chi connectivity index (χ3n) is 9.83. The van der Waals surface area contributed by atoms with Crippen molar-refractivity contribution in [3.8, 4) is 6.07 Å². The molecule has 6 atom stereocenters. The molecule has 0 heterocycles. The van der Waals surface area contributed by atoms with Crippen LogP contribution in [0.4, 0.5) is 0 Å². The van der Waals surface area contributed by atoms with Crippen molar-refractivity contribution in [2.24, 2.45) is 22.7 Å². The Kier molecular flexibility index (Phi) is 4.48. The first-order chi connectivity index (χ1) is 14.6. The Labute approximate surface area is 185 Å². The fraction of sp³-hybridized carbons (Fsp3) is 0.630. The Morgan fingerprint density at radius 2 is 1.84 bits per heavy atom. The lowest BCUT2D eigenvalue weighted by Gasteiger charge is -2.64. The number of hydrogen-bond acceptors (Lipinski definition) is 3. The molecular weight excluding hydrogens is 384 g/mol. The molecule has 4 saturated carbocycles. The molecule has 1 aromatic rings. The number of benzene rings is 1. The van der Waals surface area contributed by atoms with Gasteiger partial charge >= 0.3 is 0 Å². The van der Waals surface area contributed by atoms with Crippen LogP contribution in [0.5, 0.6) is 0 Å². The van der Waals surface area contributed by atoms with Gasteiger partial charge in [-0.25, -0.2) is 0 Å². The number of carbonyl (C=O) groups excluding carboxylic acids is 1. The molecule has 4 nitrogen and oxygen atoms in total. The number of rotatable bonds is 2. The molecule has 1 aromatic carbocycles. The van der Waals surface area contributed by atoms with E-state index in [1.54, 1.807) is 24.3 Å². The predicted octanol–water partition coefficient (Wildman–Crippen LogP) is 5.12. The number of nitrogens with one attached hydrogen (secondary N) is 1. The molecule has 2 bridgehead atoms. The molecule has 4 aliphatic rings. The molecule has 1 amide bonds. The average Bonchev–Trinajstić information content (AvgIpc) is 2.91. The van der Waals surface area contributed by atoms with E-state index in [4.69, 9.17) is 5.26 Å². The lowest BCUT2D eigenvalue weighted by molar-refractivity contribution is -0.148. The molecule has 0 aliphatic heterocycles. The summed E-state index contributed by atoms with van der Waals surface area (Å²) in [4.78, 5) is 13.2. The van der Waals surface area contributed by atoms with Gasteiger partial charge < -0.3 is 10.4 Å². The Balaban J connectivity index is 1.42. The molecule has 5 rings (SSSR count). The Hall–Kier alpha value is -2.12. The highest BCUT2D eigenvalue weighted by molar-refractivity contribution is 5.94. The fourth-order valence-corrected chi connectivity index (χ4v) is 8.53. The SMILES string of the molecule is C=C1C[C@@]23CC[C@H]4[C@@](C)(CCC[C@@]4(C)NC(=O)c4ccc(C#N)cc4)[C@@H]2CC[C@]1(O)C3. The summed E-state index contributed by atoms with van der Waals surface area (Å²) in [6.07, 6.45) is 9.34. The van der Waals surface area contributed by atoms with Crippen LogP contribution in [0.25, 0.3) is 0 Å². The van der Waals surface area contributed by atoms with Gasteiger partial charge in [-0.1, -0.05) is 19.9 Å². The van der Waals surface area contributed by atoms with Gasteiger partial charge in [-0.15, -0.1) is 0 Å². The number of nitrogens with zero attached hydrogens (tertiary/aromatic N) is 1. The van der Waals surface area contributed by atoms with Crippen LogP contribution in [0.2, 0.25) is 0 Å². The third kappa shape index (κ3) is 2.93. The zero-order chi connectivity index (χ0) is 22.1. The van der Waals surface area contributed by atoms with E-state index in [9.17, 15) is 9.90 Å². The lowest BCUT2D eigenvalue weighted by Crippen LogP contribution is -2.64. The van der Waals surface area contributed by atoms with Crippen LogP contribution in [0.1, 0.15) is 87.6 Å². The quantitative estimate of drug-likeness (QED) is 0.654.